The molecule has 0 spiro atoms. The second kappa shape index (κ2) is 11.7. The van der Waals surface area contributed by atoms with Gasteiger partial charge in [-0.25, -0.2) is 9.79 Å². The standard InChI is InChI=1S/C30H26N4O6/c1-38-24-8-3-2-7-20(24)9-11-22-27(29(36)40-16-19-6-4-5-18(13-19)15-31)28(34-30(37)33-22)21-10-12-25-23(14-21)32-26(35)17-39-25/h2-8,10,12-14,27-28H,9,11,16-17H2,1H3,(H,32,35)(H,34,37). The summed E-state index contributed by atoms with van der Waals surface area (Å²) in [6.45, 7) is -0.145. The van der Waals surface area contributed by atoms with Gasteiger partial charge in [-0.05, 0) is 59.9 Å². The number of esters is 1. The van der Waals surface area contributed by atoms with E-state index in [0.717, 1.165) is 5.56 Å². The average Bonchev–Trinajstić information content (AvgIpc) is 2.98. The Bertz CT molecular complexity index is 1540. The van der Waals surface area contributed by atoms with Crippen LogP contribution in [-0.4, -0.2) is 37.3 Å². The molecule has 0 aliphatic carbocycles. The number of carbonyl (C=O) groups excluding carboxylic acids is 3. The first-order chi connectivity index (χ1) is 19.4. The summed E-state index contributed by atoms with van der Waals surface area (Å²) in [6, 6.07) is 20.1. The maximum atomic E-state index is 13.7. The van der Waals surface area contributed by atoms with Crippen molar-refractivity contribution in [1.82, 2.24) is 5.32 Å². The minimum absolute atomic E-state index is 0.0562. The van der Waals surface area contributed by atoms with Crippen molar-refractivity contribution in [2.45, 2.75) is 25.5 Å². The minimum atomic E-state index is -0.940. The number of benzene rings is 3. The molecule has 3 aromatic carbocycles. The van der Waals surface area contributed by atoms with Crippen LogP contribution in [0.5, 0.6) is 11.5 Å². The number of aryl methyl sites for hydroxylation is 1. The van der Waals surface area contributed by atoms with E-state index < -0.39 is 24.0 Å². The van der Waals surface area contributed by atoms with E-state index in [-0.39, 0.29) is 19.1 Å². The molecule has 10 nitrogen and oxygen atoms in total. The molecule has 2 atom stereocenters. The number of carbonyl (C=O) groups is 3. The van der Waals surface area contributed by atoms with Crippen LogP contribution in [0.1, 0.15) is 34.7 Å². The van der Waals surface area contributed by atoms with Gasteiger partial charge in [0.1, 0.15) is 24.0 Å². The van der Waals surface area contributed by atoms with Gasteiger partial charge in [0.15, 0.2) is 6.61 Å². The van der Waals surface area contributed by atoms with Gasteiger partial charge in [-0.15, -0.1) is 0 Å². The van der Waals surface area contributed by atoms with Crippen molar-refractivity contribution in [2.24, 2.45) is 10.9 Å². The quantitative estimate of drug-likeness (QED) is 0.412. The zero-order valence-electron chi connectivity index (χ0n) is 21.7. The molecule has 0 bridgehead atoms. The van der Waals surface area contributed by atoms with Gasteiger partial charge in [-0.2, -0.15) is 5.26 Å². The highest BCUT2D eigenvalue weighted by atomic mass is 16.5. The van der Waals surface area contributed by atoms with Crippen molar-refractivity contribution >= 4 is 29.3 Å². The smallest absolute Gasteiger partial charge is 0.341 e. The van der Waals surface area contributed by atoms with Crippen molar-refractivity contribution in [3.05, 3.63) is 89.0 Å². The fraction of sp³-hybridized carbons (Fsp3) is 0.233. The monoisotopic (exact) mass is 538 g/mol. The van der Waals surface area contributed by atoms with Crippen molar-refractivity contribution in [3.8, 4) is 17.6 Å². The molecule has 0 fully saturated rings. The van der Waals surface area contributed by atoms with E-state index in [4.69, 9.17) is 14.2 Å². The fourth-order valence-corrected chi connectivity index (χ4v) is 4.84. The molecule has 40 heavy (non-hydrogen) atoms. The summed E-state index contributed by atoms with van der Waals surface area (Å²) in [4.78, 5) is 42.5. The summed E-state index contributed by atoms with van der Waals surface area (Å²) in [5.41, 5.74) is 3.41. The molecule has 2 unspecified atom stereocenters. The van der Waals surface area contributed by atoms with Crippen LogP contribution in [0.15, 0.2) is 71.7 Å². The fourth-order valence-electron chi connectivity index (χ4n) is 4.84. The van der Waals surface area contributed by atoms with E-state index in [1.54, 1.807) is 49.6 Å². The molecule has 0 saturated carbocycles. The van der Waals surface area contributed by atoms with Gasteiger partial charge >= 0.3 is 12.0 Å². The molecule has 0 aromatic heterocycles. The average molecular weight is 539 g/mol. The highest BCUT2D eigenvalue weighted by molar-refractivity contribution is 6.09. The maximum Gasteiger partial charge on any atom is 0.341 e. The topological polar surface area (TPSA) is 139 Å². The predicted molar refractivity (Wildman–Crippen MR) is 145 cm³/mol. The first-order valence-electron chi connectivity index (χ1n) is 12.7. The van der Waals surface area contributed by atoms with Crippen molar-refractivity contribution in [1.29, 1.82) is 5.26 Å². The number of methoxy groups -OCH3 is 1. The Kier molecular flexibility index (Phi) is 7.73. The lowest BCUT2D eigenvalue weighted by Crippen LogP contribution is -2.45. The molecule has 202 valence electrons. The van der Waals surface area contributed by atoms with Gasteiger partial charge in [-0.1, -0.05) is 36.4 Å². The van der Waals surface area contributed by atoms with E-state index in [9.17, 15) is 19.6 Å². The molecule has 5 rings (SSSR count). The number of nitrogens with zero attached hydrogens (tertiary/aromatic N) is 2. The zero-order chi connectivity index (χ0) is 28.1. The summed E-state index contributed by atoms with van der Waals surface area (Å²) < 4.78 is 16.6. The molecule has 2 aliphatic rings. The molecule has 10 heteroatoms. The van der Waals surface area contributed by atoms with E-state index in [0.29, 0.717) is 52.4 Å². The summed E-state index contributed by atoms with van der Waals surface area (Å²) in [6.07, 6.45) is 0.781. The highest BCUT2D eigenvalue weighted by Crippen LogP contribution is 2.36. The first-order valence-corrected chi connectivity index (χ1v) is 12.7. The van der Waals surface area contributed by atoms with Crippen molar-refractivity contribution < 1.29 is 28.6 Å². The maximum absolute atomic E-state index is 13.7. The van der Waals surface area contributed by atoms with Gasteiger partial charge in [0, 0.05) is 5.71 Å². The number of nitrogens with one attached hydrogen (secondary N) is 2. The number of fused-ring (bicyclic) bond motifs is 1. The predicted octanol–water partition coefficient (Wildman–Crippen LogP) is 4.10. The molecule has 3 amide bonds. The van der Waals surface area contributed by atoms with E-state index in [1.165, 1.54) is 0 Å². The second-order valence-corrected chi connectivity index (χ2v) is 9.33. The Morgan fingerprint density at radius 2 is 1.95 bits per heavy atom. The Morgan fingerprint density at radius 1 is 1.10 bits per heavy atom. The van der Waals surface area contributed by atoms with Crippen LogP contribution in [-0.2, 0) is 27.4 Å². The normalized spacial score (nSPS) is 17.8. The van der Waals surface area contributed by atoms with Gasteiger partial charge in [0.05, 0.1) is 30.5 Å². The molecule has 2 heterocycles. The number of hydrogen-bond acceptors (Lipinski definition) is 7. The van der Waals surface area contributed by atoms with Crippen molar-refractivity contribution in [2.75, 3.05) is 19.0 Å². The zero-order valence-corrected chi connectivity index (χ0v) is 21.7. The molecular weight excluding hydrogens is 512 g/mol. The third-order valence-corrected chi connectivity index (χ3v) is 6.75. The Labute approximate surface area is 230 Å². The van der Waals surface area contributed by atoms with Gasteiger partial charge in [-0.3, -0.25) is 9.59 Å². The lowest BCUT2D eigenvalue weighted by atomic mass is 9.85. The number of nitriles is 1. The van der Waals surface area contributed by atoms with Gasteiger partial charge in [0.25, 0.3) is 5.91 Å². The van der Waals surface area contributed by atoms with Crippen LogP contribution < -0.4 is 20.1 Å². The third kappa shape index (κ3) is 5.78. The summed E-state index contributed by atoms with van der Waals surface area (Å²) >= 11 is 0. The minimum Gasteiger partial charge on any atom is -0.496 e. The highest BCUT2D eigenvalue weighted by Gasteiger charge is 2.40. The number of amides is 3. The van der Waals surface area contributed by atoms with E-state index >= 15 is 0 Å². The van der Waals surface area contributed by atoms with Crippen LogP contribution >= 0.6 is 0 Å². The SMILES string of the molecule is COc1ccccc1CCC1=NC(=O)NC(c2ccc3c(c2)NC(=O)CO3)C1C(=O)OCc1cccc(C#N)c1. The first kappa shape index (κ1) is 26.4. The largest absolute Gasteiger partial charge is 0.496 e. The number of para-hydroxylation sites is 1. The summed E-state index contributed by atoms with van der Waals surface area (Å²) in [7, 11) is 1.58. The number of rotatable bonds is 8. The van der Waals surface area contributed by atoms with E-state index in [2.05, 4.69) is 21.7 Å². The van der Waals surface area contributed by atoms with Crippen LogP contribution in [0, 0.1) is 17.2 Å². The van der Waals surface area contributed by atoms with E-state index in [1.807, 2.05) is 24.3 Å². The number of ether oxygens (including phenoxy) is 3. The van der Waals surface area contributed by atoms with Gasteiger partial charge in [0.2, 0.25) is 0 Å². The Morgan fingerprint density at radius 3 is 2.77 bits per heavy atom. The number of anilines is 1. The van der Waals surface area contributed by atoms with Crippen molar-refractivity contribution in [3.63, 3.8) is 0 Å². The number of urea groups is 1. The van der Waals surface area contributed by atoms with Crippen LogP contribution in [0.4, 0.5) is 10.5 Å². The third-order valence-electron chi connectivity index (χ3n) is 6.75. The van der Waals surface area contributed by atoms with Crippen LogP contribution in [0.2, 0.25) is 0 Å². The second-order valence-electron chi connectivity index (χ2n) is 9.33. The summed E-state index contributed by atoms with van der Waals surface area (Å²) in [5.74, 6) is -0.630. The molecule has 3 aromatic rings. The lowest BCUT2D eigenvalue weighted by molar-refractivity contribution is -0.148. The Balaban J connectivity index is 1.45. The molecule has 2 aliphatic heterocycles. The molecule has 2 N–H and O–H groups in total. The molecule has 0 saturated heterocycles. The molecular formula is C30H26N4O6. The number of aliphatic imine (C=N–C) groups is 1. The summed E-state index contributed by atoms with van der Waals surface area (Å²) in [5, 5.41) is 14.8. The van der Waals surface area contributed by atoms with Gasteiger partial charge < -0.3 is 24.8 Å². The van der Waals surface area contributed by atoms with Crippen LogP contribution in [0.25, 0.3) is 0 Å². The lowest BCUT2D eigenvalue weighted by Gasteiger charge is -2.32. The Hall–Kier alpha value is -5.17. The number of hydrogen-bond donors (Lipinski definition) is 2. The van der Waals surface area contributed by atoms with Crippen LogP contribution in [0.3, 0.4) is 0 Å². The molecule has 0 radical (unpaired) electrons.